The molecule has 2 fully saturated rings. The highest BCUT2D eigenvalue weighted by atomic mass is 16.6. The summed E-state index contributed by atoms with van der Waals surface area (Å²) in [7, 11) is 2.23. The van der Waals surface area contributed by atoms with Gasteiger partial charge in [-0.1, -0.05) is 30.3 Å². The number of nitrogens with zero attached hydrogens (tertiary/aromatic N) is 1. The van der Waals surface area contributed by atoms with Crippen LogP contribution in [0.3, 0.4) is 0 Å². The van der Waals surface area contributed by atoms with Gasteiger partial charge in [0.15, 0.2) is 0 Å². The SMILES string of the molecule is CC(CC(=O)CCNC(=O)OC(C)(C)C)[N+]1(C)C2CCC1CC(OC(=O)C(CO)c1ccccc1)C2. The number of nitrogens with one attached hydrogen (secondary N) is 1. The van der Waals surface area contributed by atoms with Gasteiger partial charge in [0.1, 0.15) is 23.4 Å². The number of ketones is 1. The van der Waals surface area contributed by atoms with Gasteiger partial charge in [0, 0.05) is 38.6 Å². The summed E-state index contributed by atoms with van der Waals surface area (Å²) in [6.45, 7) is 7.53. The maximum absolute atomic E-state index is 12.9. The summed E-state index contributed by atoms with van der Waals surface area (Å²) in [5.41, 5.74) is 0.194. The Morgan fingerprint density at radius 3 is 2.28 bits per heavy atom. The van der Waals surface area contributed by atoms with Gasteiger partial charge in [-0.25, -0.2) is 4.79 Å². The van der Waals surface area contributed by atoms with Crippen molar-refractivity contribution in [2.24, 2.45) is 0 Å². The molecule has 36 heavy (non-hydrogen) atoms. The molecule has 0 aromatic heterocycles. The van der Waals surface area contributed by atoms with Crippen LogP contribution in [0, 0.1) is 0 Å². The number of quaternary nitrogens is 1. The molecule has 0 spiro atoms. The summed E-state index contributed by atoms with van der Waals surface area (Å²) in [6, 6.07) is 10.1. The fourth-order valence-electron chi connectivity index (χ4n) is 5.94. The maximum Gasteiger partial charge on any atom is 0.407 e. The number of benzene rings is 1. The normalized spacial score (nSPS) is 27.1. The molecule has 200 valence electrons. The minimum Gasteiger partial charge on any atom is -0.461 e. The molecule has 1 aromatic rings. The average molecular weight is 504 g/mol. The molecule has 2 N–H and O–H groups in total. The second-order valence-electron chi connectivity index (χ2n) is 11.6. The first-order chi connectivity index (χ1) is 16.9. The number of carbonyl (C=O) groups excluding carboxylic acids is 3. The number of hydrogen-bond donors (Lipinski definition) is 2. The third-order valence-electron chi connectivity index (χ3n) is 7.97. The second-order valence-corrected chi connectivity index (χ2v) is 11.6. The van der Waals surface area contributed by atoms with Crippen molar-refractivity contribution in [2.45, 2.75) is 102 Å². The van der Waals surface area contributed by atoms with Gasteiger partial charge in [-0.2, -0.15) is 0 Å². The standard InChI is InChI=1S/C28H42N2O6/c1-19(15-23(32)13-14-29-27(34)36-28(2,3)4)30(5)21-11-12-22(30)17-24(16-21)35-26(33)25(18-31)20-9-7-6-8-10-20/h6-10,19,21-22,24-25,31H,11-18H2,1-5H3/p+1. The van der Waals surface area contributed by atoms with Gasteiger partial charge in [0.05, 0.1) is 38.2 Å². The number of carbonyl (C=O) groups is 3. The summed E-state index contributed by atoms with van der Waals surface area (Å²) < 4.78 is 12.0. The minimum atomic E-state index is -0.669. The molecule has 4 atom stereocenters. The molecule has 1 aromatic carbocycles. The van der Waals surface area contributed by atoms with E-state index in [1.807, 2.05) is 30.3 Å². The van der Waals surface area contributed by atoms with Crippen LogP contribution >= 0.6 is 0 Å². The van der Waals surface area contributed by atoms with Crippen LogP contribution in [0.2, 0.25) is 0 Å². The molecule has 0 aliphatic carbocycles. The lowest BCUT2D eigenvalue weighted by Gasteiger charge is -2.50. The molecule has 1 amide bonds. The van der Waals surface area contributed by atoms with E-state index < -0.39 is 17.6 Å². The predicted molar refractivity (Wildman–Crippen MR) is 136 cm³/mol. The molecular formula is C28H43N2O6+. The number of rotatable bonds is 10. The van der Waals surface area contributed by atoms with Crippen molar-refractivity contribution in [3.05, 3.63) is 35.9 Å². The molecule has 8 heteroatoms. The Morgan fingerprint density at radius 1 is 1.11 bits per heavy atom. The van der Waals surface area contributed by atoms with E-state index in [1.165, 1.54) is 0 Å². The molecular weight excluding hydrogens is 460 g/mol. The van der Waals surface area contributed by atoms with Crippen LogP contribution in [0.5, 0.6) is 0 Å². The van der Waals surface area contributed by atoms with E-state index in [2.05, 4.69) is 19.3 Å². The lowest BCUT2D eigenvalue weighted by molar-refractivity contribution is -0.969. The smallest absolute Gasteiger partial charge is 0.407 e. The lowest BCUT2D eigenvalue weighted by Crippen LogP contribution is -2.63. The zero-order valence-electron chi connectivity index (χ0n) is 22.4. The van der Waals surface area contributed by atoms with E-state index in [4.69, 9.17) is 9.47 Å². The first kappa shape index (κ1) is 28.1. The molecule has 2 saturated heterocycles. The summed E-state index contributed by atoms with van der Waals surface area (Å²) in [6.07, 6.45) is 3.69. The average Bonchev–Trinajstić information content (AvgIpc) is 2.96. The van der Waals surface area contributed by atoms with E-state index in [0.29, 0.717) is 18.5 Å². The van der Waals surface area contributed by atoms with Crippen LogP contribution in [0.1, 0.15) is 77.7 Å². The number of esters is 1. The van der Waals surface area contributed by atoms with Crippen LogP contribution in [0.25, 0.3) is 0 Å². The van der Waals surface area contributed by atoms with Crippen molar-refractivity contribution in [1.29, 1.82) is 0 Å². The summed E-state index contributed by atoms with van der Waals surface area (Å²) in [5.74, 6) is -0.915. The molecule has 2 heterocycles. The Balaban J connectivity index is 1.51. The predicted octanol–water partition coefficient (Wildman–Crippen LogP) is 3.71. The van der Waals surface area contributed by atoms with Crippen LogP contribution < -0.4 is 5.32 Å². The largest absolute Gasteiger partial charge is 0.461 e. The highest BCUT2D eigenvalue weighted by molar-refractivity contribution is 5.80. The van der Waals surface area contributed by atoms with Gasteiger partial charge in [0.25, 0.3) is 0 Å². The summed E-state index contributed by atoms with van der Waals surface area (Å²) in [5, 5.41) is 12.5. The van der Waals surface area contributed by atoms with Crippen molar-refractivity contribution in [3.63, 3.8) is 0 Å². The molecule has 8 nitrogen and oxygen atoms in total. The Kier molecular flexibility index (Phi) is 9.17. The Morgan fingerprint density at radius 2 is 1.72 bits per heavy atom. The molecule has 3 rings (SSSR count). The number of fused-ring (bicyclic) bond motifs is 2. The Labute approximate surface area is 214 Å². The van der Waals surface area contributed by atoms with E-state index in [-0.39, 0.29) is 43.5 Å². The quantitative estimate of drug-likeness (QED) is 0.373. The number of aliphatic hydroxyl groups is 1. The van der Waals surface area contributed by atoms with Crippen molar-refractivity contribution >= 4 is 17.8 Å². The molecule has 2 aliphatic heterocycles. The summed E-state index contributed by atoms with van der Waals surface area (Å²) in [4.78, 5) is 37.4. The van der Waals surface area contributed by atoms with Crippen molar-refractivity contribution in [2.75, 3.05) is 20.2 Å². The zero-order chi connectivity index (χ0) is 26.5. The van der Waals surface area contributed by atoms with Gasteiger partial charge in [-0.3, -0.25) is 9.59 Å². The van der Waals surface area contributed by atoms with Gasteiger partial charge < -0.3 is 24.4 Å². The summed E-state index contributed by atoms with van der Waals surface area (Å²) >= 11 is 0. The van der Waals surface area contributed by atoms with E-state index >= 15 is 0 Å². The fourth-order valence-corrected chi connectivity index (χ4v) is 5.94. The number of aliphatic hydroxyl groups excluding tert-OH is 1. The number of ether oxygens (including phenoxy) is 2. The van der Waals surface area contributed by atoms with E-state index in [9.17, 15) is 19.5 Å². The van der Waals surface area contributed by atoms with Crippen molar-refractivity contribution in [1.82, 2.24) is 5.32 Å². The van der Waals surface area contributed by atoms with Gasteiger partial charge >= 0.3 is 12.1 Å². The van der Waals surface area contributed by atoms with Gasteiger partial charge in [0.2, 0.25) is 0 Å². The van der Waals surface area contributed by atoms with Crippen LogP contribution in [0.4, 0.5) is 4.79 Å². The van der Waals surface area contributed by atoms with Crippen LogP contribution in [-0.4, -0.2) is 77.5 Å². The molecule has 4 unspecified atom stereocenters. The highest BCUT2D eigenvalue weighted by Crippen LogP contribution is 2.45. The van der Waals surface area contributed by atoms with E-state index in [1.54, 1.807) is 20.8 Å². The number of alkyl carbamates (subject to hydrolysis) is 1. The van der Waals surface area contributed by atoms with E-state index in [0.717, 1.165) is 35.7 Å². The maximum atomic E-state index is 12.9. The third kappa shape index (κ3) is 6.85. The van der Waals surface area contributed by atoms with Crippen LogP contribution in [-0.2, 0) is 19.1 Å². The fraction of sp³-hybridized carbons (Fsp3) is 0.679. The molecule has 0 radical (unpaired) electrons. The topological polar surface area (TPSA) is 102 Å². The lowest BCUT2D eigenvalue weighted by atomic mass is 9.92. The third-order valence-corrected chi connectivity index (χ3v) is 7.97. The van der Waals surface area contributed by atoms with Crippen LogP contribution in [0.15, 0.2) is 30.3 Å². The highest BCUT2D eigenvalue weighted by Gasteiger charge is 2.55. The first-order valence-electron chi connectivity index (χ1n) is 13.1. The molecule has 2 aliphatic rings. The number of Topliss-reactive ketones (excluding diaryl/α,β-unsaturated/α-hetero) is 1. The van der Waals surface area contributed by atoms with Crippen molar-refractivity contribution in [3.8, 4) is 0 Å². The number of amides is 1. The first-order valence-corrected chi connectivity index (χ1v) is 13.1. The van der Waals surface area contributed by atoms with Gasteiger partial charge in [-0.15, -0.1) is 0 Å². The number of piperidine rings is 1. The zero-order valence-corrected chi connectivity index (χ0v) is 22.4. The van der Waals surface area contributed by atoms with Gasteiger partial charge in [-0.05, 0) is 33.3 Å². The Hall–Kier alpha value is -2.45. The monoisotopic (exact) mass is 503 g/mol. The Bertz CT molecular complexity index is 898. The number of hydrogen-bond acceptors (Lipinski definition) is 6. The van der Waals surface area contributed by atoms with Crippen molar-refractivity contribution < 1.29 is 33.4 Å². The second kappa shape index (κ2) is 11.7. The molecule has 2 bridgehead atoms. The molecule has 0 saturated carbocycles. The minimum absolute atomic E-state index is 0.125.